The number of carbonyl (C=O) groups is 2. The van der Waals surface area contributed by atoms with Crippen molar-refractivity contribution >= 4 is 17.5 Å². The van der Waals surface area contributed by atoms with E-state index in [-0.39, 0.29) is 23.7 Å². The number of anilines is 1. The molecular formula is C27H31F3N6O3. The van der Waals surface area contributed by atoms with Crippen LogP contribution in [-0.4, -0.2) is 31.4 Å². The Balaban J connectivity index is 1.18. The molecule has 0 atom stereocenters. The summed E-state index contributed by atoms with van der Waals surface area (Å²) in [6.45, 7) is 0.874. The van der Waals surface area contributed by atoms with Crippen molar-refractivity contribution in [3.8, 4) is 0 Å². The molecule has 1 aliphatic carbocycles. The number of pyridine rings is 1. The molecule has 3 aromatic rings. The van der Waals surface area contributed by atoms with Gasteiger partial charge in [-0.3, -0.25) is 19.1 Å². The normalized spacial score (nSPS) is 13.9. The number of carbonyl (C=O) groups excluding carboxylic acids is 2. The Labute approximate surface area is 223 Å². The number of aromatic nitrogens is 4. The second-order valence-corrected chi connectivity index (χ2v) is 9.80. The van der Waals surface area contributed by atoms with Gasteiger partial charge in [-0.1, -0.05) is 30.2 Å². The maximum absolute atomic E-state index is 12.9. The van der Waals surface area contributed by atoms with Gasteiger partial charge in [0, 0.05) is 44.0 Å². The van der Waals surface area contributed by atoms with Crippen molar-refractivity contribution in [2.45, 2.75) is 70.8 Å². The quantitative estimate of drug-likeness (QED) is 0.348. The molecule has 0 aliphatic heterocycles. The first kappa shape index (κ1) is 28.1. The van der Waals surface area contributed by atoms with Crippen molar-refractivity contribution in [2.75, 3.05) is 5.32 Å². The van der Waals surface area contributed by atoms with Crippen molar-refractivity contribution in [3.63, 3.8) is 0 Å². The Kier molecular flexibility index (Phi) is 9.15. The average molecular weight is 545 g/mol. The molecule has 0 spiro atoms. The number of halogens is 3. The van der Waals surface area contributed by atoms with E-state index in [0.717, 1.165) is 25.0 Å². The van der Waals surface area contributed by atoms with Crippen LogP contribution >= 0.6 is 0 Å². The van der Waals surface area contributed by atoms with E-state index in [1.165, 1.54) is 41.9 Å². The first-order chi connectivity index (χ1) is 18.7. The van der Waals surface area contributed by atoms with E-state index < -0.39 is 17.6 Å². The number of hydrogen-bond donors (Lipinski definition) is 2. The summed E-state index contributed by atoms with van der Waals surface area (Å²) in [5.74, 6) is -0.165. The molecule has 39 heavy (non-hydrogen) atoms. The van der Waals surface area contributed by atoms with Crippen LogP contribution in [0.15, 0.2) is 53.6 Å². The molecule has 4 rings (SSSR count). The van der Waals surface area contributed by atoms with E-state index in [4.69, 9.17) is 0 Å². The smallest absolute Gasteiger partial charge is 0.347 e. The van der Waals surface area contributed by atoms with E-state index in [1.807, 2.05) is 0 Å². The number of hydrogen-bond acceptors (Lipinski definition) is 5. The third-order valence-electron chi connectivity index (χ3n) is 6.74. The Morgan fingerprint density at radius 1 is 1.05 bits per heavy atom. The zero-order chi connectivity index (χ0) is 27.8. The van der Waals surface area contributed by atoms with E-state index >= 15 is 0 Å². The highest BCUT2D eigenvalue weighted by molar-refractivity contribution is 5.91. The lowest BCUT2D eigenvalue weighted by Crippen LogP contribution is -2.23. The van der Waals surface area contributed by atoms with Crippen LogP contribution in [-0.2, 0) is 30.6 Å². The van der Waals surface area contributed by atoms with Crippen LogP contribution < -0.4 is 16.2 Å². The van der Waals surface area contributed by atoms with Crippen molar-refractivity contribution in [3.05, 3.63) is 76.0 Å². The lowest BCUT2D eigenvalue weighted by atomic mass is 10.0. The van der Waals surface area contributed by atoms with Gasteiger partial charge in [-0.05, 0) is 55.4 Å². The minimum atomic E-state index is -4.45. The maximum atomic E-state index is 12.9. The number of unbranched alkanes of at least 4 members (excludes halogenated alkanes) is 1. The largest absolute Gasteiger partial charge is 0.416 e. The van der Waals surface area contributed by atoms with Crippen LogP contribution in [0, 0.1) is 5.92 Å². The number of alkyl halides is 3. The van der Waals surface area contributed by atoms with Crippen molar-refractivity contribution in [1.82, 2.24) is 24.9 Å². The standard InChI is InChI=1S/C27H31F3N6O3/c28-27(29,30)21-9-5-8-20(14-21)17-31-26(39)23-18-36(34-33-23)12-4-3-11-35-13-10-22(16-25(35)38)32-24(37)15-19-6-1-2-7-19/h5,8-10,13-14,16,18-19H,1-4,6-7,11-12,15,17H2,(H,31,39)(H,32,37). The molecule has 2 aromatic heterocycles. The highest BCUT2D eigenvalue weighted by Gasteiger charge is 2.30. The highest BCUT2D eigenvalue weighted by Crippen LogP contribution is 2.29. The summed E-state index contributed by atoms with van der Waals surface area (Å²) in [6, 6.07) is 7.89. The maximum Gasteiger partial charge on any atom is 0.416 e. The molecule has 1 aromatic carbocycles. The summed E-state index contributed by atoms with van der Waals surface area (Å²) in [5.41, 5.74) is -0.0985. The van der Waals surface area contributed by atoms with Gasteiger partial charge >= 0.3 is 6.18 Å². The first-order valence-corrected chi connectivity index (χ1v) is 13.0. The average Bonchev–Trinajstić information content (AvgIpc) is 3.58. The number of benzene rings is 1. The van der Waals surface area contributed by atoms with Crippen LogP contribution in [0.4, 0.5) is 18.9 Å². The first-order valence-electron chi connectivity index (χ1n) is 13.0. The number of aryl methyl sites for hydroxylation is 2. The molecule has 0 saturated heterocycles. The van der Waals surface area contributed by atoms with Gasteiger partial charge in [0.2, 0.25) is 5.91 Å². The molecule has 0 radical (unpaired) electrons. The minimum absolute atomic E-state index is 0.0590. The summed E-state index contributed by atoms with van der Waals surface area (Å²) >= 11 is 0. The van der Waals surface area contributed by atoms with Crippen molar-refractivity contribution in [1.29, 1.82) is 0 Å². The van der Waals surface area contributed by atoms with Crippen LogP contribution in [0.2, 0.25) is 0 Å². The second-order valence-electron chi connectivity index (χ2n) is 9.80. The molecule has 2 amide bonds. The Morgan fingerprint density at radius 2 is 1.82 bits per heavy atom. The Morgan fingerprint density at radius 3 is 2.56 bits per heavy atom. The molecule has 1 saturated carbocycles. The predicted octanol–water partition coefficient (Wildman–Crippen LogP) is 4.39. The van der Waals surface area contributed by atoms with Gasteiger partial charge in [-0.2, -0.15) is 13.2 Å². The fraction of sp³-hybridized carbons (Fsp3) is 0.444. The van der Waals surface area contributed by atoms with Gasteiger partial charge in [-0.15, -0.1) is 5.10 Å². The number of amides is 2. The van der Waals surface area contributed by atoms with E-state index in [9.17, 15) is 27.6 Å². The summed E-state index contributed by atoms with van der Waals surface area (Å²) in [7, 11) is 0. The van der Waals surface area contributed by atoms with E-state index in [2.05, 4.69) is 20.9 Å². The molecule has 2 heterocycles. The fourth-order valence-corrected chi connectivity index (χ4v) is 4.66. The number of rotatable bonds is 11. The summed E-state index contributed by atoms with van der Waals surface area (Å²) in [5, 5.41) is 13.1. The molecule has 9 nitrogen and oxygen atoms in total. The Hall–Kier alpha value is -3.96. The van der Waals surface area contributed by atoms with Crippen LogP contribution in [0.1, 0.15) is 66.6 Å². The van der Waals surface area contributed by atoms with E-state index in [1.54, 1.807) is 16.8 Å². The lowest BCUT2D eigenvalue weighted by Gasteiger charge is -2.11. The minimum Gasteiger partial charge on any atom is -0.347 e. The number of nitrogens with one attached hydrogen (secondary N) is 2. The second kappa shape index (κ2) is 12.7. The summed E-state index contributed by atoms with van der Waals surface area (Å²) in [4.78, 5) is 37.0. The molecule has 1 fully saturated rings. The third-order valence-corrected chi connectivity index (χ3v) is 6.74. The monoisotopic (exact) mass is 544 g/mol. The van der Waals surface area contributed by atoms with Gasteiger partial charge in [0.1, 0.15) is 0 Å². The van der Waals surface area contributed by atoms with Crippen LogP contribution in [0.3, 0.4) is 0 Å². The molecule has 12 heteroatoms. The summed E-state index contributed by atoms with van der Waals surface area (Å²) in [6.07, 6.45) is 5.03. The molecule has 1 aliphatic rings. The number of nitrogens with zero attached hydrogens (tertiary/aromatic N) is 4. The van der Waals surface area contributed by atoms with Crippen LogP contribution in [0.25, 0.3) is 0 Å². The highest BCUT2D eigenvalue weighted by atomic mass is 19.4. The fourth-order valence-electron chi connectivity index (χ4n) is 4.66. The van der Waals surface area contributed by atoms with Gasteiger partial charge in [-0.25, -0.2) is 0 Å². The van der Waals surface area contributed by atoms with Crippen molar-refractivity contribution in [2.24, 2.45) is 5.92 Å². The molecule has 2 N–H and O–H groups in total. The van der Waals surface area contributed by atoms with Gasteiger partial charge < -0.3 is 15.2 Å². The zero-order valence-electron chi connectivity index (χ0n) is 21.4. The Bertz CT molecular complexity index is 1340. The van der Waals surface area contributed by atoms with Crippen molar-refractivity contribution < 1.29 is 22.8 Å². The lowest BCUT2D eigenvalue weighted by molar-refractivity contribution is -0.137. The molecule has 0 unspecified atom stereocenters. The van der Waals surface area contributed by atoms with Crippen LogP contribution in [0.5, 0.6) is 0 Å². The van der Waals surface area contributed by atoms with Gasteiger partial charge in [0.25, 0.3) is 11.5 Å². The predicted molar refractivity (Wildman–Crippen MR) is 138 cm³/mol. The SMILES string of the molecule is O=C(CC1CCCC1)Nc1ccn(CCCCn2cc(C(=O)NCc3cccc(C(F)(F)F)c3)nn2)c(=O)c1. The van der Waals surface area contributed by atoms with Gasteiger partial charge in [0.15, 0.2) is 5.69 Å². The van der Waals surface area contributed by atoms with Gasteiger partial charge in [0.05, 0.1) is 11.8 Å². The van der Waals surface area contributed by atoms with E-state index in [0.29, 0.717) is 49.5 Å². The molecule has 0 bridgehead atoms. The zero-order valence-corrected chi connectivity index (χ0v) is 21.4. The molecular weight excluding hydrogens is 513 g/mol. The molecule has 208 valence electrons. The topological polar surface area (TPSA) is 111 Å². The third kappa shape index (κ3) is 8.26. The summed E-state index contributed by atoms with van der Waals surface area (Å²) < 4.78 is 41.6.